The van der Waals surface area contributed by atoms with Crippen molar-refractivity contribution in [3.63, 3.8) is 0 Å². The molecule has 0 radical (unpaired) electrons. The van der Waals surface area contributed by atoms with Gasteiger partial charge in [-0.15, -0.1) is 0 Å². The molecule has 0 bridgehead atoms. The van der Waals surface area contributed by atoms with E-state index < -0.39 is 5.54 Å². The summed E-state index contributed by atoms with van der Waals surface area (Å²) in [4.78, 5) is 14.3. The van der Waals surface area contributed by atoms with Gasteiger partial charge in [0.25, 0.3) is 0 Å². The Kier molecular flexibility index (Phi) is 5.44. The van der Waals surface area contributed by atoms with Gasteiger partial charge in [-0.2, -0.15) is 0 Å². The van der Waals surface area contributed by atoms with E-state index >= 15 is 0 Å². The van der Waals surface area contributed by atoms with Crippen molar-refractivity contribution < 1.29 is 4.79 Å². The number of nitrogens with zero attached hydrogens (tertiary/aromatic N) is 1. The molecule has 0 aromatic carbocycles. The maximum Gasteiger partial charge on any atom is 0.237 e. The van der Waals surface area contributed by atoms with Gasteiger partial charge in [-0.1, -0.05) is 13.3 Å². The van der Waals surface area contributed by atoms with Crippen molar-refractivity contribution in [3.8, 4) is 0 Å². The summed E-state index contributed by atoms with van der Waals surface area (Å²) in [5, 5.41) is 3.32. The number of amides is 1. The lowest BCUT2D eigenvalue weighted by Gasteiger charge is -2.28. The van der Waals surface area contributed by atoms with Gasteiger partial charge in [0.05, 0.1) is 5.54 Å². The maximum atomic E-state index is 11.7. The largest absolute Gasteiger partial charge is 0.368 e. The SMILES string of the molecule is CCCNC(C)(CCCN1CC2CCCC2C1)C(N)=O. The minimum absolute atomic E-state index is 0.218. The van der Waals surface area contributed by atoms with Crippen LogP contribution in [-0.4, -0.2) is 42.5 Å². The molecule has 20 heavy (non-hydrogen) atoms. The van der Waals surface area contributed by atoms with Crippen LogP contribution < -0.4 is 11.1 Å². The van der Waals surface area contributed by atoms with E-state index in [0.717, 1.165) is 44.2 Å². The van der Waals surface area contributed by atoms with Crippen LogP contribution in [0, 0.1) is 11.8 Å². The van der Waals surface area contributed by atoms with Crippen LogP contribution in [0.4, 0.5) is 0 Å². The summed E-state index contributed by atoms with van der Waals surface area (Å²) < 4.78 is 0. The third kappa shape index (κ3) is 3.73. The topological polar surface area (TPSA) is 58.4 Å². The van der Waals surface area contributed by atoms with Crippen LogP contribution in [0.15, 0.2) is 0 Å². The molecule has 1 saturated heterocycles. The summed E-state index contributed by atoms with van der Waals surface area (Å²) >= 11 is 0. The van der Waals surface area contributed by atoms with E-state index in [1.54, 1.807) is 0 Å². The zero-order valence-electron chi connectivity index (χ0n) is 13.2. The quantitative estimate of drug-likeness (QED) is 0.712. The third-order valence-corrected chi connectivity index (χ3v) is 5.26. The summed E-state index contributed by atoms with van der Waals surface area (Å²) in [6, 6.07) is 0. The Hall–Kier alpha value is -0.610. The van der Waals surface area contributed by atoms with Gasteiger partial charge in [-0.3, -0.25) is 4.79 Å². The first-order valence-corrected chi connectivity index (χ1v) is 8.32. The Bertz CT molecular complexity index is 322. The van der Waals surface area contributed by atoms with Gasteiger partial charge in [0, 0.05) is 13.1 Å². The Labute approximate surface area is 123 Å². The minimum Gasteiger partial charge on any atom is -0.368 e. The number of carbonyl (C=O) groups is 1. The highest BCUT2D eigenvalue weighted by Crippen LogP contribution is 2.37. The fourth-order valence-corrected chi connectivity index (χ4v) is 3.87. The number of nitrogens with two attached hydrogens (primary N) is 1. The first-order chi connectivity index (χ1) is 9.55. The van der Waals surface area contributed by atoms with E-state index in [-0.39, 0.29) is 5.91 Å². The van der Waals surface area contributed by atoms with Crippen LogP contribution in [-0.2, 0) is 4.79 Å². The summed E-state index contributed by atoms with van der Waals surface area (Å²) in [5.41, 5.74) is 5.03. The lowest BCUT2D eigenvalue weighted by Crippen LogP contribution is -2.53. The van der Waals surface area contributed by atoms with Crippen molar-refractivity contribution in [1.29, 1.82) is 0 Å². The third-order valence-electron chi connectivity index (χ3n) is 5.26. The molecule has 2 rings (SSSR count). The predicted molar refractivity (Wildman–Crippen MR) is 82.4 cm³/mol. The number of carbonyl (C=O) groups excluding carboxylic acids is 1. The van der Waals surface area contributed by atoms with Gasteiger partial charge in [-0.05, 0) is 64.0 Å². The molecule has 1 aliphatic heterocycles. The molecule has 3 unspecified atom stereocenters. The molecule has 2 fully saturated rings. The standard InChI is InChI=1S/C16H31N3O/c1-3-9-18-16(2,15(17)20)8-5-10-19-11-13-6-4-7-14(13)12-19/h13-14,18H,3-12H2,1-2H3,(H2,17,20). The van der Waals surface area contributed by atoms with Crippen molar-refractivity contribution in [3.05, 3.63) is 0 Å². The lowest BCUT2D eigenvalue weighted by molar-refractivity contribution is -0.124. The lowest BCUT2D eigenvalue weighted by atomic mass is 9.94. The summed E-state index contributed by atoms with van der Waals surface area (Å²) in [6.07, 6.45) is 7.21. The fourth-order valence-electron chi connectivity index (χ4n) is 3.87. The predicted octanol–water partition coefficient (Wildman–Crippen LogP) is 1.74. The molecule has 3 N–H and O–H groups in total. The van der Waals surface area contributed by atoms with Crippen molar-refractivity contribution in [2.24, 2.45) is 17.6 Å². The summed E-state index contributed by atoms with van der Waals surface area (Å²) in [5.74, 6) is 1.69. The van der Waals surface area contributed by atoms with E-state index in [1.165, 1.54) is 32.4 Å². The molecule has 1 amide bonds. The van der Waals surface area contributed by atoms with Crippen LogP contribution in [0.5, 0.6) is 0 Å². The second-order valence-corrected chi connectivity index (χ2v) is 6.94. The van der Waals surface area contributed by atoms with Gasteiger partial charge >= 0.3 is 0 Å². The number of hydrogen-bond acceptors (Lipinski definition) is 3. The molecule has 1 aliphatic carbocycles. The summed E-state index contributed by atoms with van der Waals surface area (Å²) in [6.45, 7) is 8.58. The number of hydrogen-bond donors (Lipinski definition) is 2. The smallest absolute Gasteiger partial charge is 0.237 e. The highest BCUT2D eigenvalue weighted by atomic mass is 16.1. The Balaban J connectivity index is 1.72. The number of nitrogens with one attached hydrogen (secondary N) is 1. The van der Waals surface area contributed by atoms with Gasteiger partial charge in [0.15, 0.2) is 0 Å². The molecule has 1 heterocycles. The molecule has 0 aromatic rings. The van der Waals surface area contributed by atoms with Crippen molar-refractivity contribution in [2.75, 3.05) is 26.2 Å². The van der Waals surface area contributed by atoms with E-state index in [2.05, 4.69) is 17.1 Å². The number of likely N-dealkylation sites (tertiary alicyclic amines) is 1. The second kappa shape index (κ2) is 6.90. The molecule has 2 aliphatic rings. The van der Waals surface area contributed by atoms with Crippen LogP contribution in [0.3, 0.4) is 0 Å². The molecule has 4 heteroatoms. The van der Waals surface area contributed by atoms with Crippen LogP contribution >= 0.6 is 0 Å². The van der Waals surface area contributed by atoms with E-state index in [1.807, 2.05) is 6.92 Å². The molecular formula is C16H31N3O. The van der Waals surface area contributed by atoms with Gasteiger partial charge in [0.1, 0.15) is 0 Å². The van der Waals surface area contributed by atoms with Crippen molar-refractivity contribution >= 4 is 5.91 Å². The zero-order valence-corrected chi connectivity index (χ0v) is 13.2. The minimum atomic E-state index is -0.536. The summed E-state index contributed by atoms with van der Waals surface area (Å²) in [7, 11) is 0. The van der Waals surface area contributed by atoms with Crippen molar-refractivity contribution in [2.45, 2.75) is 57.9 Å². The molecule has 4 nitrogen and oxygen atoms in total. The van der Waals surface area contributed by atoms with Gasteiger partial charge in [0.2, 0.25) is 5.91 Å². The number of rotatable bonds is 8. The van der Waals surface area contributed by atoms with Gasteiger partial charge in [-0.25, -0.2) is 0 Å². The maximum absolute atomic E-state index is 11.7. The van der Waals surface area contributed by atoms with Crippen molar-refractivity contribution in [1.82, 2.24) is 10.2 Å². The zero-order chi connectivity index (χ0) is 14.6. The molecule has 116 valence electrons. The van der Waals surface area contributed by atoms with Crippen LogP contribution in [0.25, 0.3) is 0 Å². The highest BCUT2D eigenvalue weighted by molar-refractivity contribution is 5.84. The Morgan fingerprint density at radius 2 is 2.00 bits per heavy atom. The Morgan fingerprint density at radius 1 is 1.35 bits per heavy atom. The normalized spacial score (nSPS) is 29.3. The van der Waals surface area contributed by atoms with Gasteiger partial charge < -0.3 is 16.0 Å². The first-order valence-electron chi connectivity index (χ1n) is 8.32. The number of primary amides is 1. The first kappa shape index (κ1) is 15.8. The average Bonchev–Trinajstić information content (AvgIpc) is 2.97. The molecule has 3 atom stereocenters. The fraction of sp³-hybridized carbons (Fsp3) is 0.938. The van der Waals surface area contributed by atoms with Crippen LogP contribution in [0.2, 0.25) is 0 Å². The van der Waals surface area contributed by atoms with E-state index in [0.29, 0.717) is 0 Å². The monoisotopic (exact) mass is 281 g/mol. The molecule has 0 spiro atoms. The molecular weight excluding hydrogens is 250 g/mol. The molecule has 1 saturated carbocycles. The van der Waals surface area contributed by atoms with Crippen LogP contribution in [0.1, 0.15) is 52.4 Å². The second-order valence-electron chi connectivity index (χ2n) is 6.94. The average molecular weight is 281 g/mol. The van der Waals surface area contributed by atoms with E-state index in [4.69, 9.17) is 5.73 Å². The molecule has 0 aromatic heterocycles. The Morgan fingerprint density at radius 3 is 2.55 bits per heavy atom. The highest BCUT2D eigenvalue weighted by Gasteiger charge is 2.36. The van der Waals surface area contributed by atoms with E-state index in [9.17, 15) is 4.79 Å². The number of fused-ring (bicyclic) bond motifs is 1.